The molecule has 2 saturated heterocycles. The Kier molecular flexibility index (Phi) is 60.1. The molecule has 2 aliphatic heterocycles. The second-order valence-corrected chi connectivity index (χ2v) is 28.6. The zero-order valence-electron chi connectivity index (χ0n) is 60.3. The molecule has 0 spiro atoms. The molecule has 12 unspecified atom stereocenters. The van der Waals surface area contributed by atoms with Gasteiger partial charge in [-0.1, -0.05) is 353 Å². The second-order valence-electron chi connectivity index (χ2n) is 28.6. The van der Waals surface area contributed by atoms with Crippen LogP contribution < -0.4 is 5.32 Å². The third-order valence-corrected chi connectivity index (χ3v) is 19.9. The van der Waals surface area contributed by atoms with Crippen molar-refractivity contribution in [3.8, 4) is 0 Å². The minimum atomic E-state index is -1.78. The summed E-state index contributed by atoms with van der Waals surface area (Å²) < 4.78 is 23.0. The summed E-state index contributed by atoms with van der Waals surface area (Å²) in [5, 5.41) is 87.9. The maximum Gasteiger partial charge on any atom is 0.220 e. The van der Waals surface area contributed by atoms with Crippen LogP contribution in [0.4, 0.5) is 0 Å². The lowest BCUT2D eigenvalue weighted by molar-refractivity contribution is -0.359. The standard InChI is InChI=1S/C79H151NO13/c1-3-5-7-9-11-13-15-17-19-21-23-25-27-29-31-32-33-34-35-37-38-40-42-44-46-48-50-52-54-56-58-60-62-68(83)67(66-90-78-76(89)74(87)77(70(65-82)92-78)93-79-75(88)73(86)72(85)69(64-81)91-79)80-71(84)63-61-59-57-55-53-51-49-47-45-43-41-39-36-30-28-26-24-22-20-18-16-14-12-10-8-6-4-2/h16,18,22,24,67-70,72-79,81-83,85-89H,3-15,17,19-21,23,25-66H2,1-2H3,(H,80,84)/b18-16-,24-22-. The van der Waals surface area contributed by atoms with Crippen LogP contribution in [0.3, 0.4) is 0 Å². The number of hydrogen-bond donors (Lipinski definition) is 9. The van der Waals surface area contributed by atoms with Gasteiger partial charge in [0.1, 0.15) is 48.8 Å². The van der Waals surface area contributed by atoms with Crippen LogP contribution in [0.15, 0.2) is 24.3 Å². The SMILES string of the molecule is CCCCCCC/C=C\C/C=C\CCCCCCCCCCCCCCCCCC(=O)NC(COC1OC(CO)C(OC2OC(CO)C(O)C(O)C2O)C(O)C1O)C(O)CCCCCCCCCCCCCCCCCCCCCCCCCCCCCCCCCC. The van der Waals surface area contributed by atoms with Crippen LogP contribution in [-0.2, 0) is 23.7 Å². The zero-order valence-corrected chi connectivity index (χ0v) is 60.3. The van der Waals surface area contributed by atoms with E-state index in [1.54, 1.807) is 0 Å². The minimum absolute atomic E-state index is 0.199. The van der Waals surface area contributed by atoms with Gasteiger partial charge in [-0.15, -0.1) is 0 Å². The lowest BCUT2D eigenvalue weighted by Crippen LogP contribution is -2.65. The van der Waals surface area contributed by atoms with Crippen LogP contribution in [0.25, 0.3) is 0 Å². The molecule has 0 bridgehead atoms. The Morgan fingerprint density at radius 3 is 1.08 bits per heavy atom. The topological polar surface area (TPSA) is 228 Å². The van der Waals surface area contributed by atoms with Crippen LogP contribution in [0.1, 0.15) is 380 Å². The Balaban J connectivity index is 1.61. The lowest BCUT2D eigenvalue weighted by atomic mass is 9.97. The Bertz CT molecular complexity index is 1650. The molecule has 0 aromatic rings. The summed E-state index contributed by atoms with van der Waals surface area (Å²) in [6, 6.07) is -0.829. The van der Waals surface area contributed by atoms with Crippen molar-refractivity contribution in [2.24, 2.45) is 0 Å². The molecular formula is C79H151NO13. The number of hydrogen-bond acceptors (Lipinski definition) is 13. The van der Waals surface area contributed by atoms with Gasteiger partial charge in [-0.2, -0.15) is 0 Å². The number of unbranched alkanes of at least 4 members (excludes halogenated alkanes) is 51. The molecule has 0 aliphatic carbocycles. The van der Waals surface area contributed by atoms with E-state index in [2.05, 4.69) is 43.5 Å². The third-order valence-electron chi connectivity index (χ3n) is 19.9. The molecule has 14 heteroatoms. The lowest BCUT2D eigenvalue weighted by Gasteiger charge is -2.46. The number of amides is 1. The van der Waals surface area contributed by atoms with Gasteiger partial charge in [0.15, 0.2) is 12.6 Å². The van der Waals surface area contributed by atoms with Crippen molar-refractivity contribution in [2.75, 3.05) is 19.8 Å². The molecule has 93 heavy (non-hydrogen) atoms. The van der Waals surface area contributed by atoms with E-state index in [1.807, 2.05) is 0 Å². The number of carbonyl (C=O) groups is 1. The fraction of sp³-hybridized carbons (Fsp3) is 0.937. The van der Waals surface area contributed by atoms with Gasteiger partial charge in [-0.25, -0.2) is 0 Å². The predicted octanol–water partition coefficient (Wildman–Crippen LogP) is 17.9. The van der Waals surface area contributed by atoms with Crippen LogP contribution in [0.2, 0.25) is 0 Å². The smallest absolute Gasteiger partial charge is 0.220 e. The normalized spacial score (nSPS) is 22.6. The number of aliphatic hydroxyl groups excluding tert-OH is 8. The van der Waals surface area contributed by atoms with Crippen LogP contribution >= 0.6 is 0 Å². The molecule has 0 saturated carbocycles. The summed E-state index contributed by atoms with van der Waals surface area (Å²) in [6.07, 6.45) is 65.0. The van der Waals surface area contributed by atoms with E-state index >= 15 is 0 Å². The van der Waals surface area contributed by atoms with Gasteiger partial charge in [0, 0.05) is 6.42 Å². The van der Waals surface area contributed by atoms with Gasteiger partial charge in [0.05, 0.1) is 32.0 Å². The Morgan fingerprint density at radius 2 is 0.710 bits per heavy atom. The molecule has 550 valence electrons. The highest BCUT2D eigenvalue weighted by atomic mass is 16.7. The monoisotopic (exact) mass is 1320 g/mol. The molecule has 0 radical (unpaired) electrons. The van der Waals surface area contributed by atoms with Crippen LogP contribution in [-0.4, -0.2) is 140 Å². The highest BCUT2D eigenvalue weighted by Crippen LogP contribution is 2.30. The molecular weight excluding hydrogens is 1170 g/mol. The molecule has 12 atom stereocenters. The molecule has 14 nitrogen and oxygen atoms in total. The highest BCUT2D eigenvalue weighted by Gasteiger charge is 2.51. The summed E-state index contributed by atoms with van der Waals surface area (Å²) in [7, 11) is 0. The van der Waals surface area contributed by atoms with Gasteiger partial charge >= 0.3 is 0 Å². The number of ether oxygens (including phenoxy) is 4. The Morgan fingerprint density at radius 1 is 0.387 bits per heavy atom. The molecule has 2 fully saturated rings. The number of rotatable bonds is 68. The molecule has 1 amide bonds. The summed E-state index contributed by atoms with van der Waals surface area (Å²) in [4.78, 5) is 13.4. The van der Waals surface area contributed by atoms with E-state index in [0.29, 0.717) is 12.8 Å². The summed E-state index contributed by atoms with van der Waals surface area (Å²) in [5.41, 5.74) is 0. The van der Waals surface area contributed by atoms with Crippen molar-refractivity contribution in [3.05, 3.63) is 24.3 Å². The van der Waals surface area contributed by atoms with Crippen molar-refractivity contribution in [1.29, 1.82) is 0 Å². The quantitative estimate of drug-likeness (QED) is 0.0204. The van der Waals surface area contributed by atoms with E-state index < -0.39 is 86.8 Å². The minimum Gasteiger partial charge on any atom is -0.394 e. The number of aliphatic hydroxyl groups is 8. The average molecular weight is 1320 g/mol. The maximum atomic E-state index is 13.4. The maximum absolute atomic E-state index is 13.4. The van der Waals surface area contributed by atoms with E-state index in [9.17, 15) is 45.6 Å². The van der Waals surface area contributed by atoms with Crippen molar-refractivity contribution in [1.82, 2.24) is 5.32 Å². The fourth-order valence-electron chi connectivity index (χ4n) is 13.6. The largest absolute Gasteiger partial charge is 0.394 e. The van der Waals surface area contributed by atoms with Crippen molar-refractivity contribution in [2.45, 2.75) is 453 Å². The summed E-state index contributed by atoms with van der Waals surface area (Å²) in [5.74, 6) is -0.199. The second kappa shape index (κ2) is 63.9. The Hall–Kier alpha value is -1.53. The zero-order chi connectivity index (χ0) is 67.3. The number of allylic oxidation sites excluding steroid dienone is 4. The molecule has 0 aromatic carbocycles. The Labute approximate surface area is 570 Å². The first-order valence-corrected chi connectivity index (χ1v) is 40.1. The van der Waals surface area contributed by atoms with E-state index in [4.69, 9.17) is 18.9 Å². The van der Waals surface area contributed by atoms with Crippen molar-refractivity contribution in [3.63, 3.8) is 0 Å². The first-order valence-electron chi connectivity index (χ1n) is 40.1. The molecule has 0 aromatic heterocycles. The van der Waals surface area contributed by atoms with Gasteiger partial charge in [-0.05, 0) is 44.9 Å². The van der Waals surface area contributed by atoms with Gasteiger partial charge < -0.3 is 65.1 Å². The first kappa shape index (κ1) is 87.6. The number of carbonyl (C=O) groups excluding carboxylic acids is 1. The highest BCUT2D eigenvalue weighted by molar-refractivity contribution is 5.76. The van der Waals surface area contributed by atoms with Crippen LogP contribution in [0, 0.1) is 0 Å². The molecule has 2 rings (SSSR count). The summed E-state index contributed by atoms with van der Waals surface area (Å²) >= 11 is 0. The van der Waals surface area contributed by atoms with Crippen molar-refractivity contribution < 1.29 is 64.6 Å². The van der Waals surface area contributed by atoms with E-state index in [0.717, 1.165) is 57.8 Å². The molecule has 9 N–H and O–H groups in total. The average Bonchev–Trinajstić information content (AvgIpc) is 0.854. The first-order chi connectivity index (χ1) is 45.6. The van der Waals surface area contributed by atoms with Gasteiger partial charge in [0.25, 0.3) is 0 Å². The predicted molar refractivity (Wildman–Crippen MR) is 383 cm³/mol. The molecule has 2 aliphatic rings. The van der Waals surface area contributed by atoms with Gasteiger partial charge in [-0.3, -0.25) is 4.79 Å². The van der Waals surface area contributed by atoms with E-state index in [-0.39, 0.29) is 12.5 Å². The summed E-state index contributed by atoms with van der Waals surface area (Å²) in [6.45, 7) is 2.92. The van der Waals surface area contributed by atoms with Crippen molar-refractivity contribution >= 4 is 5.91 Å². The number of nitrogens with one attached hydrogen (secondary N) is 1. The van der Waals surface area contributed by atoms with Gasteiger partial charge in [0.2, 0.25) is 5.91 Å². The molecule has 2 heterocycles. The van der Waals surface area contributed by atoms with Crippen LogP contribution in [0.5, 0.6) is 0 Å². The van der Waals surface area contributed by atoms with E-state index in [1.165, 1.54) is 295 Å². The fourth-order valence-corrected chi connectivity index (χ4v) is 13.6. The third kappa shape index (κ3) is 47.2.